The maximum absolute atomic E-state index is 5.55. The summed E-state index contributed by atoms with van der Waals surface area (Å²) in [6.45, 7) is 5.78. The second kappa shape index (κ2) is 14.9. The van der Waals surface area contributed by atoms with Crippen LogP contribution in [0.5, 0.6) is 0 Å². The van der Waals surface area contributed by atoms with Gasteiger partial charge in [-0.15, -0.1) is 0 Å². The van der Waals surface area contributed by atoms with Crippen molar-refractivity contribution >= 4 is 29.7 Å². The van der Waals surface area contributed by atoms with Gasteiger partial charge in [0.2, 0.25) is 5.69 Å². The predicted octanol–water partition coefficient (Wildman–Crippen LogP) is 5.33. The fourth-order valence-electron chi connectivity index (χ4n) is 1.45. The van der Waals surface area contributed by atoms with E-state index in [1.807, 2.05) is 0 Å². The van der Waals surface area contributed by atoms with Gasteiger partial charge in [-0.3, -0.25) is 0 Å². The number of thiol groups is 1. The van der Waals surface area contributed by atoms with Crippen LogP contribution in [0, 0.1) is 0 Å². The van der Waals surface area contributed by atoms with E-state index < -0.39 is 5.69 Å². The Bertz CT molecular complexity index is 200. The summed E-state index contributed by atoms with van der Waals surface area (Å²) in [6.07, 6.45) is 9.53. The van der Waals surface area contributed by atoms with Crippen LogP contribution in [-0.2, 0) is 40.3 Å². The average molecular weight is 364 g/mol. The second-order valence-corrected chi connectivity index (χ2v) is 9.54. The zero-order valence-corrected chi connectivity index (χ0v) is 17.5. The molecule has 0 heterocycles. The van der Waals surface area contributed by atoms with Crippen molar-refractivity contribution < 1.29 is 28.5 Å². The van der Waals surface area contributed by atoms with Crippen molar-refractivity contribution in [3.05, 3.63) is 0 Å². The first-order chi connectivity index (χ1) is 8.12. The van der Waals surface area contributed by atoms with Crippen molar-refractivity contribution in [2.45, 2.75) is 65.2 Å². The van der Waals surface area contributed by atoms with E-state index in [0.717, 1.165) is 12.8 Å². The van der Waals surface area contributed by atoms with E-state index in [-0.39, 0.29) is 19.5 Å². The van der Waals surface area contributed by atoms with Crippen LogP contribution in [0.1, 0.15) is 65.2 Å². The SMILES string of the molecule is CCCCCCOP(=S)(S)OCCCCCC.[Zn]. The van der Waals surface area contributed by atoms with Crippen LogP contribution in [0.25, 0.3) is 0 Å². The van der Waals surface area contributed by atoms with Gasteiger partial charge in [0.1, 0.15) is 0 Å². The molecule has 106 valence electrons. The smallest absolute Gasteiger partial charge is 0.244 e. The summed E-state index contributed by atoms with van der Waals surface area (Å²) in [5, 5.41) is 0. The van der Waals surface area contributed by atoms with Crippen molar-refractivity contribution in [3.8, 4) is 0 Å². The summed E-state index contributed by atoms with van der Waals surface area (Å²) in [5.41, 5.74) is -2.26. The molecule has 0 aliphatic carbocycles. The minimum absolute atomic E-state index is 0. The van der Waals surface area contributed by atoms with Gasteiger partial charge >= 0.3 is 0 Å². The summed E-state index contributed by atoms with van der Waals surface area (Å²) >= 11 is 9.55. The van der Waals surface area contributed by atoms with Crippen LogP contribution in [-0.4, -0.2) is 13.2 Å². The Balaban J connectivity index is 0. The third-order valence-electron chi connectivity index (χ3n) is 2.50. The summed E-state index contributed by atoms with van der Waals surface area (Å²) in [4.78, 5) is 0. The first-order valence-electron chi connectivity index (χ1n) is 6.74. The number of rotatable bonds is 12. The van der Waals surface area contributed by atoms with E-state index in [1.165, 1.54) is 38.5 Å². The van der Waals surface area contributed by atoms with Crippen LogP contribution in [0.2, 0.25) is 0 Å². The molecule has 2 nitrogen and oxygen atoms in total. The van der Waals surface area contributed by atoms with Crippen LogP contribution in [0.15, 0.2) is 0 Å². The first-order valence-corrected chi connectivity index (χ1v) is 10.5. The van der Waals surface area contributed by atoms with Gasteiger partial charge in [0.15, 0.2) is 0 Å². The van der Waals surface area contributed by atoms with Crippen molar-refractivity contribution in [2.75, 3.05) is 13.2 Å². The molecule has 0 bridgehead atoms. The molecule has 0 aromatic heterocycles. The Morgan fingerprint density at radius 2 is 1.22 bits per heavy atom. The molecule has 0 aliphatic heterocycles. The minimum Gasteiger partial charge on any atom is -0.322 e. The van der Waals surface area contributed by atoms with Gasteiger partial charge in [-0.25, -0.2) is 0 Å². The standard InChI is InChI=1S/C12H27O2PS2.Zn/c1-3-5-7-9-11-13-15(16,17)14-12-10-8-6-4-2;/h3-12H2,1-2H3,(H,16,17);. The summed E-state index contributed by atoms with van der Waals surface area (Å²) in [6, 6.07) is 0. The molecule has 0 amide bonds. The third kappa shape index (κ3) is 15.6. The zero-order valence-electron chi connectivity index (χ0n) is 11.9. The summed E-state index contributed by atoms with van der Waals surface area (Å²) < 4.78 is 11.1. The van der Waals surface area contributed by atoms with Gasteiger partial charge in [-0.1, -0.05) is 64.6 Å². The molecule has 0 aliphatic rings. The van der Waals surface area contributed by atoms with Crippen LogP contribution < -0.4 is 0 Å². The van der Waals surface area contributed by atoms with Gasteiger partial charge < -0.3 is 9.05 Å². The van der Waals surface area contributed by atoms with Gasteiger partial charge in [0.25, 0.3) is 0 Å². The van der Waals surface area contributed by atoms with Gasteiger partial charge in [-0.05, 0) is 24.6 Å². The molecule has 0 saturated carbocycles. The maximum atomic E-state index is 5.55. The summed E-state index contributed by atoms with van der Waals surface area (Å²) in [5.74, 6) is 0. The monoisotopic (exact) mass is 362 g/mol. The minimum atomic E-state index is -2.26. The van der Waals surface area contributed by atoms with E-state index in [0.29, 0.717) is 13.2 Å². The van der Waals surface area contributed by atoms with Gasteiger partial charge in [0, 0.05) is 19.5 Å². The van der Waals surface area contributed by atoms with Crippen molar-refractivity contribution in [3.63, 3.8) is 0 Å². The molecule has 0 aromatic rings. The number of unbranched alkanes of at least 4 members (excludes halogenated alkanes) is 6. The molecule has 0 spiro atoms. The number of hydrogen-bond donors (Lipinski definition) is 1. The average Bonchev–Trinajstić information content (AvgIpc) is 2.28. The molecule has 0 atom stereocenters. The van der Waals surface area contributed by atoms with Crippen LogP contribution in [0.3, 0.4) is 0 Å². The molecule has 6 heteroatoms. The Kier molecular flexibility index (Phi) is 18.1. The topological polar surface area (TPSA) is 18.5 Å². The van der Waals surface area contributed by atoms with E-state index in [2.05, 4.69) is 26.1 Å². The molecule has 0 saturated heterocycles. The normalized spacial score (nSPS) is 11.3. The molecular formula is C12H27O2PS2Zn. The fourth-order valence-corrected chi connectivity index (χ4v) is 3.19. The number of hydrogen-bond acceptors (Lipinski definition) is 3. The molecule has 0 N–H and O–H groups in total. The molecule has 0 aromatic carbocycles. The maximum Gasteiger partial charge on any atom is 0.244 e. The largest absolute Gasteiger partial charge is 0.322 e. The van der Waals surface area contributed by atoms with Crippen molar-refractivity contribution in [2.24, 2.45) is 0 Å². The second-order valence-electron chi connectivity index (χ2n) is 4.26. The quantitative estimate of drug-likeness (QED) is 0.219. The van der Waals surface area contributed by atoms with Crippen molar-refractivity contribution in [1.82, 2.24) is 0 Å². The Labute approximate surface area is 136 Å². The van der Waals surface area contributed by atoms with Crippen LogP contribution >= 0.6 is 17.9 Å². The Morgan fingerprint density at radius 3 is 1.56 bits per heavy atom. The Hall–Kier alpha value is 1.54. The first kappa shape index (κ1) is 21.8. The molecule has 0 unspecified atom stereocenters. The van der Waals surface area contributed by atoms with Gasteiger partial charge in [-0.2, -0.15) is 0 Å². The van der Waals surface area contributed by atoms with E-state index in [9.17, 15) is 0 Å². The summed E-state index contributed by atoms with van der Waals surface area (Å²) in [7, 11) is 0. The molecule has 0 fully saturated rings. The fraction of sp³-hybridized carbons (Fsp3) is 1.00. The third-order valence-corrected chi connectivity index (χ3v) is 4.85. The molecular weight excluding hydrogens is 337 g/mol. The molecule has 0 rings (SSSR count). The molecule has 18 heavy (non-hydrogen) atoms. The van der Waals surface area contributed by atoms with Crippen LogP contribution in [0.4, 0.5) is 0 Å². The van der Waals surface area contributed by atoms with Gasteiger partial charge in [0.05, 0.1) is 13.2 Å². The van der Waals surface area contributed by atoms with E-state index in [1.54, 1.807) is 0 Å². The Morgan fingerprint density at radius 1 is 0.833 bits per heavy atom. The predicted molar refractivity (Wildman–Crippen MR) is 83.5 cm³/mol. The van der Waals surface area contributed by atoms with E-state index in [4.69, 9.17) is 20.9 Å². The van der Waals surface area contributed by atoms with E-state index >= 15 is 0 Å². The zero-order chi connectivity index (χ0) is 13.0. The molecule has 0 radical (unpaired) electrons. The van der Waals surface area contributed by atoms with Crippen molar-refractivity contribution in [1.29, 1.82) is 0 Å².